The summed E-state index contributed by atoms with van der Waals surface area (Å²) in [4.78, 5) is 19.2. The van der Waals surface area contributed by atoms with E-state index in [4.69, 9.17) is 5.73 Å². The lowest BCUT2D eigenvalue weighted by atomic mass is 10.2. The first kappa shape index (κ1) is 12.9. The molecule has 2 heterocycles. The Balaban J connectivity index is 0.000000121. The number of hydrogen-bond acceptors (Lipinski definition) is 4. The first-order valence-electron chi connectivity index (χ1n) is 6.92. The molecular formula is C16H17N3O. The SMILES string of the molecule is NC1CCc2cccnc21.O=C1CCc2cccnc21. The number of pyridine rings is 2. The minimum Gasteiger partial charge on any atom is -0.323 e. The van der Waals surface area contributed by atoms with Gasteiger partial charge in [-0.2, -0.15) is 0 Å². The number of carbonyl (C=O) groups excluding carboxylic acids is 1. The van der Waals surface area contributed by atoms with Crippen LogP contribution in [0.2, 0.25) is 0 Å². The van der Waals surface area contributed by atoms with Crippen LogP contribution >= 0.6 is 0 Å². The highest BCUT2D eigenvalue weighted by Crippen LogP contribution is 2.26. The standard InChI is InChI=1S/C8H10N2.C8H7NO/c9-7-4-3-6-2-1-5-10-8(6)7;10-7-4-3-6-2-1-5-9-8(6)7/h1-2,5,7H,3-4,9H2;1-2,5H,3-4H2. The molecule has 0 bridgehead atoms. The van der Waals surface area contributed by atoms with Crippen molar-refractivity contribution >= 4 is 5.78 Å². The lowest BCUT2D eigenvalue weighted by Gasteiger charge is -2.00. The molecule has 2 aromatic heterocycles. The number of aryl methyl sites for hydroxylation is 2. The third kappa shape index (κ3) is 2.47. The zero-order valence-electron chi connectivity index (χ0n) is 11.2. The average molecular weight is 267 g/mol. The van der Waals surface area contributed by atoms with E-state index >= 15 is 0 Å². The molecule has 2 N–H and O–H groups in total. The first-order chi connectivity index (χ1) is 9.75. The maximum atomic E-state index is 11.0. The Labute approximate surface area is 118 Å². The van der Waals surface area contributed by atoms with Gasteiger partial charge in [-0.05, 0) is 42.5 Å². The number of hydrogen-bond donors (Lipinski definition) is 1. The summed E-state index contributed by atoms with van der Waals surface area (Å²) >= 11 is 0. The van der Waals surface area contributed by atoms with Gasteiger partial charge in [0.1, 0.15) is 5.69 Å². The third-order valence-electron chi connectivity index (χ3n) is 3.78. The zero-order chi connectivity index (χ0) is 13.9. The Kier molecular flexibility index (Phi) is 3.56. The summed E-state index contributed by atoms with van der Waals surface area (Å²) in [6, 6.07) is 8.10. The van der Waals surface area contributed by atoms with E-state index in [2.05, 4.69) is 16.0 Å². The van der Waals surface area contributed by atoms with Gasteiger partial charge in [-0.25, -0.2) is 0 Å². The van der Waals surface area contributed by atoms with Crippen LogP contribution in [0.15, 0.2) is 36.7 Å². The Morgan fingerprint density at radius 1 is 1.00 bits per heavy atom. The molecule has 1 unspecified atom stereocenters. The number of carbonyl (C=O) groups is 1. The predicted molar refractivity (Wildman–Crippen MR) is 76.4 cm³/mol. The van der Waals surface area contributed by atoms with Crippen molar-refractivity contribution in [2.45, 2.75) is 31.7 Å². The van der Waals surface area contributed by atoms with E-state index in [1.807, 2.05) is 24.4 Å². The molecule has 0 fully saturated rings. The predicted octanol–water partition coefficient (Wildman–Crippen LogP) is 2.24. The third-order valence-corrected chi connectivity index (χ3v) is 3.78. The molecule has 0 amide bonds. The van der Waals surface area contributed by atoms with Crippen LogP contribution in [0.4, 0.5) is 0 Å². The fourth-order valence-electron chi connectivity index (χ4n) is 2.70. The molecule has 102 valence electrons. The smallest absolute Gasteiger partial charge is 0.181 e. The number of aromatic nitrogens is 2. The van der Waals surface area contributed by atoms with E-state index in [0.717, 1.165) is 30.5 Å². The summed E-state index contributed by atoms with van der Waals surface area (Å²) in [6.07, 6.45) is 7.16. The minimum absolute atomic E-state index is 0.190. The number of Topliss-reactive ketones (excluding diaryl/α,β-unsaturated/α-hetero) is 1. The molecule has 4 nitrogen and oxygen atoms in total. The summed E-state index contributed by atoms with van der Waals surface area (Å²) in [5.74, 6) is 0.190. The Morgan fingerprint density at radius 3 is 2.50 bits per heavy atom. The number of nitrogens with zero attached hydrogens (tertiary/aromatic N) is 2. The molecular weight excluding hydrogens is 250 g/mol. The molecule has 0 aliphatic heterocycles. The van der Waals surface area contributed by atoms with Gasteiger partial charge in [0.15, 0.2) is 5.78 Å². The van der Waals surface area contributed by atoms with Crippen LogP contribution in [-0.4, -0.2) is 15.8 Å². The van der Waals surface area contributed by atoms with Gasteiger partial charge >= 0.3 is 0 Å². The second-order valence-corrected chi connectivity index (χ2v) is 5.13. The summed E-state index contributed by atoms with van der Waals surface area (Å²) in [7, 11) is 0. The molecule has 1 atom stereocenters. The van der Waals surface area contributed by atoms with Crippen LogP contribution in [-0.2, 0) is 12.8 Å². The molecule has 20 heavy (non-hydrogen) atoms. The monoisotopic (exact) mass is 267 g/mol. The number of rotatable bonds is 0. The highest BCUT2D eigenvalue weighted by molar-refractivity contribution is 5.98. The maximum Gasteiger partial charge on any atom is 0.181 e. The fourth-order valence-corrected chi connectivity index (χ4v) is 2.70. The average Bonchev–Trinajstić information content (AvgIpc) is 3.05. The van der Waals surface area contributed by atoms with Crippen molar-refractivity contribution in [3.05, 3.63) is 59.2 Å². The fraction of sp³-hybridized carbons (Fsp3) is 0.312. The Morgan fingerprint density at radius 2 is 1.75 bits per heavy atom. The largest absolute Gasteiger partial charge is 0.323 e. The van der Waals surface area contributed by atoms with Crippen molar-refractivity contribution in [3.63, 3.8) is 0 Å². The van der Waals surface area contributed by atoms with Crippen molar-refractivity contribution in [1.29, 1.82) is 0 Å². The van der Waals surface area contributed by atoms with E-state index in [-0.39, 0.29) is 11.8 Å². The van der Waals surface area contributed by atoms with Gasteiger partial charge in [-0.1, -0.05) is 12.1 Å². The molecule has 2 aliphatic carbocycles. The van der Waals surface area contributed by atoms with Gasteiger partial charge in [0.2, 0.25) is 0 Å². The van der Waals surface area contributed by atoms with E-state index < -0.39 is 0 Å². The molecule has 4 heteroatoms. The van der Waals surface area contributed by atoms with Gasteiger partial charge < -0.3 is 5.73 Å². The van der Waals surface area contributed by atoms with E-state index in [1.165, 1.54) is 5.56 Å². The van der Waals surface area contributed by atoms with Crippen LogP contribution in [0.1, 0.15) is 46.2 Å². The normalized spacial score (nSPS) is 19.1. The van der Waals surface area contributed by atoms with Crippen molar-refractivity contribution in [2.24, 2.45) is 5.73 Å². The highest BCUT2D eigenvalue weighted by atomic mass is 16.1. The summed E-state index contributed by atoms with van der Waals surface area (Å²) in [5.41, 5.74) is 10.00. The zero-order valence-corrected chi connectivity index (χ0v) is 11.2. The van der Waals surface area contributed by atoms with Crippen molar-refractivity contribution in [1.82, 2.24) is 9.97 Å². The maximum absolute atomic E-state index is 11.0. The van der Waals surface area contributed by atoms with Gasteiger partial charge in [0.25, 0.3) is 0 Å². The summed E-state index contributed by atoms with van der Waals surface area (Å²) in [6.45, 7) is 0. The molecule has 0 radical (unpaired) electrons. The van der Waals surface area contributed by atoms with E-state index in [9.17, 15) is 4.79 Å². The highest BCUT2D eigenvalue weighted by Gasteiger charge is 2.19. The second kappa shape index (κ2) is 5.51. The van der Waals surface area contributed by atoms with Crippen LogP contribution in [0.25, 0.3) is 0 Å². The Hall–Kier alpha value is -2.07. The quantitative estimate of drug-likeness (QED) is 0.794. The van der Waals surface area contributed by atoms with Crippen LogP contribution < -0.4 is 5.73 Å². The van der Waals surface area contributed by atoms with Crippen molar-refractivity contribution in [2.75, 3.05) is 0 Å². The van der Waals surface area contributed by atoms with Crippen molar-refractivity contribution < 1.29 is 4.79 Å². The molecule has 0 aromatic carbocycles. The Bertz CT molecular complexity index is 639. The molecule has 0 saturated carbocycles. The second-order valence-electron chi connectivity index (χ2n) is 5.13. The number of nitrogens with two attached hydrogens (primary N) is 1. The van der Waals surface area contributed by atoms with Gasteiger partial charge in [0, 0.05) is 24.9 Å². The van der Waals surface area contributed by atoms with Crippen LogP contribution in [0.5, 0.6) is 0 Å². The van der Waals surface area contributed by atoms with E-state index in [0.29, 0.717) is 12.1 Å². The number of fused-ring (bicyclic) bond motifs is 2. The van der Waals surface area contributed by atoms with E-state index in [1.54, 1.807) is 6.20 Å². The molecule has 2 aromatic rings. The number of ketones is 1. The van der Waals surface area contributed by atoms with Crippen LogP contribution in [0.3, 0.4) is 0 Å². The molecule has 0 saturated heterocycles. The topological polar surface area (TPSA) is 68.9 Å². The molecule has 0 spiro atoms. The van der Waals surface area contributed by atoms with Crippen LogP contribution in [0, 0.1) is 0 Å². The lowest BCUT2D eigenvalue weighted by Crippen LogP contribution is -2.06. The molecule has 4 rings (SSSR count). The van der Waals surface area contributed by atoms with Gasteiger partial charge in [-0.15, -0.1) is 0 Å². The van der Waals surface area contributed by atoms with Crippen molar-refractivity contribution in [3.8, 4) is 0 Å². The lowest BCUT2D eigenvalue weighted by molar-refractivity contribution is 0.0990. The summed E-state index contributed by atoms with van der Waals surface area (Å²) < 4.78 is 0. The minimum atomic E-state index is 0.190. The van der Waals surface area contributed by atoms with Gasteiger partial charge in [0.05, 0.1) is 5.69 Å². The summed E-state index contributed by atoms with van der Waals surface area (Å²) in [5, 5.41) is 0. The van der Waals surface area contributed by atoms with Gasteiger partial charge in [-0.3, -0.25) is 14.8 Å². The first-order valence-corrected chi connectivity index (χ1v) is 6.92. The molecule has 2 aliphatic rings.